The first-order valence-corrected chi connectivity index (χ1v) is 8.21. The molecule has 1 fully saturated rings. The van der Waals surface area contributed by atoms with E-state index < -0.39 is 0 Å². The van der Waals surface area contributed by atoms with E-state index in [1.165, 1.54) is 0 Å². The molecule has 2 rings (SSSR count). The molecule has 1 aliphatic rings. The molecule has 1 saturated heterocycles. The fourth-order valence-electron chi connectivity index (χ4n) is 2.65. The molecule has 6 heteroatoms. The highest BCUT2D eigenvalue weighted by molar-refractivity contribution is 9.10. The second-order valence-electron chi connectivity index (χ2n) is 5.91. The van der Waals surface area contributed by atoms with Gasteiger partial charge in [-0.2, -0.15) is 0 Å². The van der Waals surface area contributed by atoms with Gasteiger partial charge in [0.15, 0.2) is 0 Å². The number of anilines is 1. The van der Waals surface area contributed by atoms with Crippen LogP contribution in [0, 0.1) is 12.8 Å². The monoisotopic (exact) mass is 367 g/mol. The first kappa shape index (κ1) is 16.8. The topological polar surface area (TPSA) is 52.7 Å². The van der Waals surface area contributed by atoms with Gasteiger partial charge >= 0.3 is 6.03 Å². The smallest absolute Gasteiger partial charge is 0.319 e. The zero-order chi connectivity index (χ0) is 16.3. The van der Waals surface area contributed by atoms with E-state index in [-0.39, 0.29) is 17.9 Å². The number of amides is 3. The van der Waals surface area contributed by atoms with Crippen LogP contribution in [0.5, 0.6) is 0 Å². The summed E-state index contributed by atoms with van der Waals surface area (Å²) in [5.41, 5.74) is 1.84. The number of rotatable bonds is 2. The molecule has 0 radical (unpaired) electrons. The van der Waals surface area contributed by atoms with E-state index in [1.807, 2.05) is 25.1 Å². The molecule has 0 aromatic heterocycles. The van der Waals surface area contributed by atoms with E-state index in [9.17, 15) is 9.59 Å². The molecule has 0 bridgehead atoms. The predicted molar refractivity (Wildman–Crippen MR) is 90.9 cm³/mol. The van der Waals surface area contributed by atoms with Gasteiger partial charge in [-0.15, -0.1) is 0 Å². The molecule has 3 amide bonds. The number of urea groups is 1. The van der Waals surface area contributed by atoms with Gasteiger partial charge in [-0.3, -0.25) is 4.79 Å². The van der Waals surface area contributed by atoms with Gasteiger partial charge in [0.25, 0.3) is 0 Å². The highest BCUT2D eigenvalue weighted by Crippen LogP contribution is 2.23. The van der Waals surface area contributed by atoms with Crippen molar-refractivity contribution in [3.63, 3.8) is 0 Å². The van der Waals surface area contributed by atoms with Gasteiger partial charge in [0.1, 0.15) is 0 Å². The van der Waals surface area contributed by atoms with Crippen LogP contribution in [-0.4, -0.2) is 48.9 Å². The number of nitrogens with one attached hydrogen (secondary N) is 1. The lowest BCUT2D eigenvalue weighted by atomic mass is 9.97. The maximum absolute atomic E-state index is 12.5. The van der Waals surface area contributed by atoms with Crippen molar-refractivity contribution in [3.8, 4) is 0 Å². The predicted octanol–water partition coefficient (Wildman–Crippen LogP) is 3.09. The van der Waals surface area contributed by atoms with Crippen LogP contribution >= 0.6 is 15.9 Å². The molecule has 0 spiro atoms. The summed E-state index contributed by atoms with van der Waals surface area (Å²) in [6.07, 6.45) is 1.68. The molecular weight excluding hydrogens is 346 g/mol. The van der Waals surface area contributed by atoms with Crippen LogP contribution in [0.15, 0.2) is 22.7 Å². The summed E-state index contributed by atoms with van der Waals surface area (Å²) in [6, 6.07) is 5.74. The minimum Gasteiger partial charge on any atom is -0.331 e. The summed E-state index contributed by atoms with van der Waals surface area (Å²) in [6.45, 7) is 3.17. The zero-order valence-corrected chi connectivity index (χ0v) is 14.8. The number of nitrogens with zero attached hydrogens (tertiary/aromatic N) is 2. The molecule has 0 saturated carbocycles. The summed E-state index contributed by atoms with van der Waals surface area (Å²) < 4.78 is 0.989. The van der Waals surface area contributed by atoms with Crippen LogP contribution in [0.2, 0.25) is 0 Å². The molecule has 1 aliphatic heterocycles. The quantitative estimate of drug-likeness (QED) is 0.872. The first-order chi connectivity index (χ1) is 10.4. The summed E-state index contributed by atoms with van der Waals surface area (Å²) >= 11 is 3.41. The molecule has 1 heterocycles. The first-order valence-electron chi connectivity index (χ1n) is 7.41. The summed E-state index contributed by atoms with van der Waals surface area (Å²) in [7, 11) is 3.47. The number of halogens is 1. The fraction of sp³-hybridized carbons (Fsp3) is 0.500. The Morgan fingerprint density at radius 1 is 1.36 bits per heavy atom. The number of carbonyl (C=O) groups excluding carboxylic acids is 2. The lowest BCUT2D eigenvalue weighted by Crippen LogP contribution is -2.47. The van der Waals surface area contributed by atoms with Crippen molar-refractivity contribution in [2.45, 2.75) is 19.8 Å². The van der Waals surface area contributed by atoms with Crippen LogP contribution < -0.4 is 5.32 Å². The van der Waals surface area contributed by atoms with Crippen molar-refractivity contribution in [2.24, 2.45) is 5.92 Å². The van der Waals surface area contributed by atoms with Crippen LogP contribution in [-0.2, 0) is 4.79 Å². The Morgan fingerprint density at radius 3 is 2.73 bits per heavy atom. The standard InChI is InChI=1S/C16H22BrN3O2/c1-11-9-13(17)6-7-14(11)18-15(21)12-5-4-8-20(10-12)16(22)19(2)3/h6-7,9,12H,4-5,8,10H2,1-3H3,(H,18,21)/t12-/m0/s1. The summed E-state index contributed by atoms with van der Waals surface area (Å²) in [5.74, 6) is -0.164. The highest BCUT2D eigenvalue weighted by Gasteiger charge is 2.29. The molecule has 0 unspecified atom stereocenters. The molecule has 22 heavy (non-hydrogen) atoms. The van der Waals surface area contributed by atoms with Gasteiger partial charge in [0.2, 0.25) is 5.91 Å². The van der Waals surface area contributed by atoms with E-state index in [0.717, 1.165) is 35.1 Å². The Kier molecular flexibility index (Phi) is 5.45. The molecule has 1 aromatic rings. The SMILES string of the molecule is Cc1cc(Br)ccc1NC(=O)[C@H]1CCCN(C(=O)N(C)C)C1. The molecular formula is C16H22BrN3O2. The second-order valence-corrected chi connectivity index (χ2v) is 6.83. The lowest BCUT2D eigenvalue weighted by Gasteiger charge is -2.33. The zero-order valence-electron chi connectivity index (χ0n) is 13.2. The van der Waals surface area contributed by atoms with Crippen molar-refractivity contribution in [2.75, 3.05) is 32.5 Å². The van der Waals surface area contributed by atoms with Crippen molar-refractivity contribution >= 4 is 33.6 Å². The molecule has 1 aromatic carbocycles. The molecule has 120 valence electrons. The van der Waals surface area contributed by atoms with Crippen molar-refractivity contribution in [3.05, 3.63) is 28.2 Å². The van der Waals surface area contributed by atoms with Gasteiger partial charge in [-0.05, 0) is 43.5 Å². The number of hydrogen-bond acceptors (Lipinski definition) is 2. The van der Waals surface area contributed by atoms with E-state index in [1.54, 1.807) is 23.9 Å². The van der Waals surface area contributed by atoms with Gasteiger partial charge < -0.3 is 15.1 Å². The van der Waals surface area contributed by atoms with Gasteiger partial charge in [0.05, 0.1) is 5.92 Å². The Hall–Kier alpha value is -1.56. The van der Waals surface area contributed by atoms with Crippen molar-refractivity contribution in [1.29, 1.82) is 0 Å². The average Bonchev–Trinajstić information content (AvgIpc) is 2.49. The van der Waals surface area contributed by atoms with E-state index in [4.69, 9.17) is 0 Å². The van der Waals surface area contributed by atoms with Crippen LogP contribution in [0.25, 0.3) is 0 Å². The minimum atomic E-state index is -0.152. The number of carbonyl (C=O) groups is 2. The van der Waals surface area contributed by atoms with E-state index in [2.05, 4.69) is 21.2 Å². The van der Waals surface area contributed by atoms with Crippen LogP contribution in [0.3, 0.4) is 0 Å². The summed E-state index contributed by atoms with van der Waals surface area (Å²) in [5, 5.41) is 2.98. The molecule has 1 N–H and O–H groups in total. The van der Waals surface area contributed by atoms with Gasteiger partial charge in [-0.25, -0.2) is 4.79 Å². The number of hydrogen-bond donors (Lipinski definition) is 1. The molecule has 1 atom stereocenters. The fourth-order valence-corrected chi connectivity index (χ4v) is 3.13. The average molecular weight is 368 g/mol. The lowest BCUT2D eigenvalue weighted by molar-refractivity contribution is -0.121. The maximum atomic E-state index is 12.5. The highest BCUT2D eigenvalue weighted by atomic mass is 79.9. The Morgan fingerprint density at radius 2 is 2.09 bits per heavy atom. The van der Waals surface area contributed by atoms with Crippen molar-refractivity contribution < 1.29 is 9.59 Å². The normalized spacial score (nSPS) is 18.0. The largest absolute Gasteiger partial charge is 0.331 e. The number of piperidine rings is 1. The van der Waals surface area contributed by atoms with Crippen LogP contribution in [0.1, 0.15) is 18.4 Å². The molecule has 0 aliphatic carbocycles. The van der Waals surface area contributed by atoms with Crippen LogP contribution in [0.4, 0.5) is 10.5 Å². The number of aryl methyl sites for hydroxylation is 1. The number of benzene rings is 1. The van der Waals surface area contributed by atoms with Gasteiger partial charge in [-0.1, -0.05) is 15.9 Å². The number of likely N-dealkylation sites (tertiary alicyclic amines) is 1. The Labute approximate surface area is 139 Å². The third kappa shape index (κ3) is 4.00. The molecule has 5 nitrogen and oxygen atoms in total. The second kappa shape index (κ2) is 7.13. The Balaban J connectivity index is 2.01. The van der Waals surface area contributed by atoms with E-state index >= 15 is 0 Å². The third-order valence-electron chi connectivity index (χ3n) is 3.89. The van der Waals surface area contributed by atoms with Crippen molar-refractivity contribution in [1.82, 2.24) is 9.80 Å². The van der Waals surface area contributed by atoms with E-state index in [0.29, 0.717) is 6.54 Å². The third-order valence-corrected chi connectivity index (χ3v) is 4.38. The van der Waals surface area contributed by atoms with Gasteiger partial charge in [0, 0.05) is 37.3 Å². The Bertz CT molecular complexity index is 575. The summed E-state index contributed by atoms with van der Waals surface area (Å²) in [4.78, 5) is 27.8. The maximum Gasteiger partial charge on any atom is 0.319 e. The minimum absolute atomic E-state index is 0.0123.